The van der Waals surface area contributed by atoms with Crippen LogP contribution in [0.25, 0.3) is 0 Å². The summed E-state index contributed by atoms with van der Waals surface area (Å²) in [6.45, 7) is 8.57. The molecule has 0 aromatic rings. The molecule has 14 heavy (non-hydrogen) atoms. The van der Waals surface area contributed by atoms with Gasteiger partial charge in [0.15, 0.2) is 0 Å². The highest BCUT2D eigenvalue weighted by Gasteiger charge is 2.00. The Labute approximate surface area is 87.9 Å². The Morgan fingerprint density at radius 2 is 1.93 bits per heavy atom. The Balaban J connectivity index is 4.05. The average Bonchev–Trinajstić information content (AvgIpc) is 2.02. The molecule has 0 aliphatic heterocycles. The lowest BCUT2D eigenvalue weighted by Crippen LogP contribution is -1.92. The van der Waals surface area contributed by atoms with Gasteiger partial charge < -0.3 is 0 Å². The van der Waals surface area contributed by atoms with E-state index in [9.17, 15) is 4.79 Å². The Hall–Kier alpha value is -0.850. The number of hydrogen-bond donors (Lipinski definition) is 0. The molecule has 0 amide bonds. The molecule has 0 rings (SSSR count). The SMILES string of the molecule is CC(C)=CCC/C(=C/C=O)CC(C)C. The van der Waals surface area contributed by atoms with Crippen molar-refractivity contribution < 1.29 is 4.79 Å². The van der Waals surface area contributed by atoms with Crippen molar-refractivity contribution in [2.24, 2.45) is 5.92 Å². The molecule has 1 nitrogen and oxygen atoms in total. The number of carbonyl (C=O) groups excluding carboxylic acids is 1. The normalized spacial score (nSPS) is 11.6. The van der Waals surface area contributed by atoms with Crippen LogP contribution in [0.5, 0.6) is 0 Å². The molecule has 0 fully saturated rings. The van der Waals surface area contributed by atoms with Gasteiger partial charge in [0.1, 0.15) is 6.29 Å². The van der Waals surface area contributed by atoms with Crippen molar-refractivity contribution in [2.45, 2.75) is 47.0 Å². The van der Waals surface area contributed by atoms with Gasteiger partial charge in [0.25, 0.3) is 0 Å². The first-order valence-electron chi connectivity index (χ1n) is 5.32. The van der Waals surface area contributed by atoms with Crippen molar-refractivity contribution in [3.63, 3.8) is 0 Å². The first-order chi connectivity index (χ1) is 6.56. The highest BCUT2D eigenvalue weighted by Crippen LogP contribution is 2.16. The summed E-state index contributed by atoms with van der Waals surface area (Å²) in [5.74, 6) is 0.632. The van der Waals surface area contributed by atoms with Gasteiger partial charge in [-0.2, -0.15) is 0 Å². The van der Waals surface area contributed by atoms with Gasteiger partial charge in [0, 0.05) is 0 Å². The molecule has 0 heterocycles. The molecule has 0 saturated heterocycles. The molecule has 0 aliphatic rings. The third-order valence-electron chi connectivity index (χ3n) is 1.99. The van der Waals surface area contributed by atoms with Gasteiger partial charge in [-0.1, -0.05) is 31.1 Å². The van der Waals surface area contributed by atoms with E-state index in [2.05, 4.69) is 33.8 Å². The van der Waals surface area contributed by atoms with Crippen molar-refractivity contribution in [3.05, 3.63) is 23.3 Å². The second kappa shape index (κ2) is 7.54. The molecule has 0 saturated carbocycles. The Bertz CT molecular complexity index is 217. The summed E-state index contributed by atoms with van der Waals surface area (Å²) in [6, 6.07) is 0. The second-order valence-electron chi connectivity index (χ2n) is 4.38. The molecule has 0 N–H and O–H groups in total. The minimum atomic E-state index is 0.632. The van der Waals surface area contributed by atoms with E-state index >= 15 is 0 Å². The monoisotopic (exact) mass is 194 g/mol. The van der Waals surface area contributed by atoms with E-state index in [0.717, 1.165) is 25.5 Å². The summed E-state index contributed by atoms with van der Waals surface area (Å²) in [5, 5.41) is 0. The first-order valence-corrected chi connectivity index (χ1v) is 5.32. The van der Waals surface area contributed by atoms with E-state index in [1.54, 1.807) is 6.08 Å². The topological polar surface area (TPSA) is 17.1 Å². The van der Waals surface area contributed by atoms with Crippen LogP contribution in [0.3, 0.4) is 0 Å². The fraction of sp³-hybridized carbons (Fsp3) is 0.615. The molecule has 0 unspecified atom stereocenters. The molecule has 0 aromatic heterocycles. The van der Waals surface area contributed by atoms with E-state index in [4.69, 9.17) is 0 Å². The van der Waals surface area contributed by atoms with Crippen molar-refractivity contribution in [3.8, 4) is 0 Å². The summed E-state index contributed by atoms with van der Waals surface area (Å²) in [7, 11) is 0. The predicted molar refractivity (Wildman–Crippen MR) is 62.3 cm³/mol. The maximum absolute atomic E-state index is 10.4. The van der Waals surface area contributed by atoms with Gasteiger partial charge >= 0.3 is 0 Å². The number of aldehydes is 1. The second-order valence-corrected chi connectivity index (χ2v) is 4.38. The Kier molecular flexibility index (Phi) is 7.09. The van der Waals surface area contributed by atoms with Crippen molar-refractivity contribution in [2.75, 3.05) is 0 Å². The van der Waals surface area contributed by atoms with Crippen LogP contribution in [0.4, 0.5) is 0 Å². The molecule has 0 bridgehead atoms. The van der Waals surface area contributed by atoms with Crippen LogP contribution < -0.4 is 0 Å². The standard InChI is InChI=1S/C13H22O/c1-11(2)6-5-7-13(8-9-14)10-12(3)4/h6,8-9,12H,5,7,10H2,1-4H3/b13-8-. The van der Waals surface area contributed by atoms with Crippen LogP contribution in [0.2, 0.25) is 0 Å². The molecule has 0 radical (unpaired) electrons. The third-order valence-corrected chi connectivity index (χ3v) is 1.99. The number of rotatable bonds is 6. The highest BCUT2D eigenvalue weighted by atomic mass is 16.1. The van der Waals surface area contributed by atoms with Crippen molar-refractivity contribution in [1.29, 1.82) is 0 Å². The summed E-state index contributed by atoms with van der Waals surface area (Å²) < 4.78 is 0. The molecule has 0 atom stereocenters. The zero-order chi connectivity index (χ0) is 11.0. The molecular weight excluding hydrogens is 172 g/mol. The van der Waals surface area contributed by atoms with Crippen LogP contribution in [0.1, 0.15) is 47.0 Å². The molecule has 0 aliphatic carbocycles. The molecule has 1 heteroatoms. The quantitative estimate of drug-likeness (QED) is 0.356. The van der Waals surface area contributed by atoms with E-state index in [1.807, 2.05) is 0 Å². The van der Waals surface area contributed by atoms with Crippen LogP contribution in [0, 0.1) is 5.92 Å². The summed E-state index contributed by atoms with van der Waals surface area (Å²) in [6.07, 6.45) is 7.95. The van der Waals surface area contributed by atoms with Gasteiger partial charge in [-0.05, 0) is 45.1 Å². The Morgan fingerprint density at radius 3 is 2.36 bits per heavy atom. The van der Waals surface area contributed by atoms with Crippen LogP contribution >= 0.6 is 0 Å². The third kappa shape index (κ3) is 7.78. The molecule has 0 spiro atoms. The lowest BCUT2D eigenvalue weighted by Gasteiger charge is -2.07. The molecule has 0 aromatic carbocycles. The van der Waals surface area contributed by atoms with Crippen LogP contribution in [0.15, 0.2) is 23.3 Å². The maximum atomic E-state index is 10.4. The van der Waals surface area contributed by atoms with E-state index in [-0.39, 0.29) is 0 Å². The van der Waals surface area contributed by atoms with E-state index < -0.39 is 0 Å². The number of hydrogen-bond acceptors (Lipinski definition) is 1. The average molecular weight is 194 g/mol. The molecule has 80 valence electrons. The van der Waals surface area contributed by atoms with Crippen molar-refractivity contribution in [1.82, 2.24) is 0 Å². The van der Waals surface area contributed by atoms with Crippen LogP contribution in [-0.2, 0) is 4.79 Å². The van der Waals surface area contributed by atoms with Crippen LogP contribution in [-0.4, -0.2) is 6.29 Å². The van der Waals surface area contributed by atoms with Gasteiger partial charge in [0.2, 0.25) is 0 Å². The summed E-state index contributed by atoms with van der Waals surface area (Å²) >= 11 is 0. The lowest BCUT2D eigenvalue weighted by atomic mass is 9.98. The fourth-order valence-corrected chi connectivity index (χ4v) is 1.42. The van der Waals surface area contributed by atoms with Crippen molar-refractivity contribution >= 4 is 6.29 Å². The van der Waals surface area contributed by atoms with Gasteiger partial charge in [0.05, 0.1) is 0 Å². The zero-order valence-corrected chi connectivity index (χ0v) is 9.84. The predicted octanol–water partition coefficient (Wildman–Crippen LogP) is 3.90. The fourth-order valence-electron chi connectivity index (χ4n) is 1.42. The smallest absolute Gasteiger partial charge is 0.142 e. The van der Waals surface area contributed by atoms with Gasteiger partial charge in [-0.15, -0.1) is 0 Å². The minimum absolute atomic E-state index is 0.632. The van der Waals surface area contributed by atoms with E-state index in [1.165, 1.54) is 11.1 Å². The van der Waals surface area contributed by atoms with Gasteiger partial charge in [-0.3, -0.25) is 4.79 Å². The number of carbonyl (C=O) groups is 1. The lowest BCUT2D eigenvalue weighted by molar-refractivity contribution is -0.104. The first kappa shape index (κ1) is 13.2. The van der Waals surface area contributed by atoms with Gasteiger partial charge in [-0.25, -0.2) is 0 Å². The maximum Gasteiger partial charge on any atom is 0.142 e. The summed E-state index contributed by atoms with van der Waals surface area (Å²) in [5.41, 5.74) is 2.62. The largest absolute Gasteiger partial charge is 0.299 e. The highest BCUT2D eigenvalue weighted by molar-refractivity contribution is 5.66. The number of allylic oxidation sites excluding steroid dienone is 4. The zero-order valence-electron chi connectivity index (χ0n) is 9.84. The van der Waals surface area contributed by atoms with E-state index in [0.29, 0.717) is 5.92 Å². The summed E-state index contributed by atoms with van der Waals surface area (Å²) in [4.78, 5) is 10.4. The Morgan fingerprint density at radius 1 is 1.29 bits per heavy atom. The minimum Gasteiger partial charge on any atom is -0.299 e. The molecular formula is C13H22O.